The van der Waals surface area contributed by atoms with Gasteiger partial charge in [0.2, 0.25) is 5.91 Å². The van der Waals surface area contributed by atoms with Crippen molar-refractivity contribution in [1.29, 1.82) is 5.26 Å². The average Bonchev–Trinajstić information content (AvgIpc) is 2.46. The number of rotatable bonds is 3. The Kier molecular flexibility index (Phi) is 4.92. The first kappa shape index (κ1) is 15.9. The van der Waals surface area contributed by atoms with Gasteiger partial charge in [-0.25, -0.2) is 0 Å². The molecule has 2 rings (SSSR count). The molecule has 1 atom stereocenters. The Labute approximate surface area is 130 Å². The molecule has 1 aromatic rings. The maximum absolute atomic E-state index is 12.4. The number of thioether (sulfide) groups is 1. The molecule has 4 nitrogen and oxygen atoms in total. The number of carbonyl (C=O) groups excluding carboxylic acids is 1. The van der Waals surface area contributed by atoms with E-state index in [-0.39, 0.29) is 16.7 Å². The normalized spacial score (nSPS) is 19.5. The van der Waals surface area contributed by atoms with Gasteiger partial charge in [-0.1, -0.05) is 0 Å². The smallest absolute Gasteiger partial charge is 0.241 e. The summed E-state index contributed by atoms with van der Waals surface area (Å²) in [5.41, 5.74) is 1.33. The predicted octanol–water partition coefficient (Wildman–Crippen LogP) is 2.71. The highest BCUT2D eigenvalue weighted by atomic mass is 32.2. The number of nitrogens with zero attached hydrogens (tertiary/aromatic N) is 2. The van der Waals surface area contributed by atoms with Gasteiger partial charge in [0, 0.05) is 29.3 Å². The van der Waals surface area contributed by atoms with E-state index in [1.54, 1.807) is 24.3 Å². The number of anilines is 1. The highest BCUT2D eigenvalue weighted by Gasteiger charge is 2.31. The zero-order chi connectivity index (χ0) is 15.5. The first-order valence-corrected chi connectivity index (χ1v) is 8.09. The molecule has 0 saturated carbocycles. The van der Waals surface area contributed by atoms with Crippen LogP contribution in [0.15, 0.2) is 24.3 Å². The summed E-state index contributed by atoms with van der Waals surface area (Å²) in [5.74, 6) is 1.06. The lowest BCUT2D eigenvalue weighted by Crippen LogP contribution is -2.51. The zero-order valence-corrected chi connectivity index (χ0v) is 13.5. The molecule has 1 aliphatic heterocycles. The van der Waals surface area contributed by atoms with Crippen molar-refractivity contribution in [2.45, 2.75) is 31.6 Å². The minimum Gasteiger partial charge on any atom is -0.325 e. The van der Waals surface area contributed by atoms with Gasteiger partial charge in [0.05, 0.1) is 17.7 Å². The Morgan fingerprint density at radius 1 is 1.43 bits per heavy atom. The SMILES string of the molecule is CC(C(=O)Nc1ccc(C#N)cc1)N1CCSC(C)(C)C1. The van der Waals surface area contributed by atoms with Gasteiger partial charge in [0.15, 0.2) is 0 Å². The van der Waals surface area contributed by atoms with Gasteiger partial charge in [-0.15, -0.1) is 0 Å². The largest absolute Gasteiger partial charge is 0.325 e. The fourth-order valence-corrected chi connectivity index (χ4v) is 3.56. The van der Waals surface area contributed by atoms with Gasteiger partial charge >= 0.3 is 0 Å². The van der Waals surface area contributed by atoms with Gasteiger partial charge in [0.1, 0.15) is 0 Å². The fourth-order valence-electron chi connectivity index (χ4n) is 2.42. The highest BCUT2D eigenvalue weighted by molar-refractivity contribution is 8.00. The van der Waals surface area contributed by atoms with Gasteiger partial charge in [0.25, 0.3) is 0 Å². The van der Waals surface area contributed by atoms with Crippen molar-refractivity contribution in [2.75, 3.05) is 24.2 Å². The summed E-state index contributed by atoms with van der Waals surface area (Å²) in [6.07, 6.45) is 0. The van der Waals surface area contributed by atoms with Crippen LogP contribution in [0, 0.1) is 11.3 Å². The lowest BCUT2D eigenvalue weighted by Gasteiger charge is -2.40. The van der Waals surface area contributed by atoms with E-state index >= 15 is 0 Å². The molecule has 1 saturated heterocycles. The van der Waals surface area contributed by atoms with Crippen molar-refractivity contribution in [1.82, 2.24) is 4.90 Å². The number of carbonyl (C=O) groups is 1. The molecule has 0 aliphatic carbocycles. The highest BCUT2D eigenvalue weighted by Crippen LogP contribution is 2.30. The molecule has 1 N–H and O–H groups in total. The number of nitriles is 1. The van der Waals surface area contributed by atoms with Crippen LogP contribution in [-0.4, -0.2) is 40.4 Å². The summed E-state index contributed by atoms with van der Waals surface area (Å²) < 4.78 is 0.196. The van der Waals surface area contributed by atoms with Gasteiger partial charge < -0.3 is 5.32 Å². The summed E-state index contributed by atoms with van der Waals surface area (Å²) in [5, 5.41) is 11.7. The van der Waals surface area contributed by atoms with Crippen LogP contribution in [0.4, 0.5) is 5.69 Å². The molecule has 1 unspecified atom stereocenters. The molecule has 112 valence electrons. The number of benzene rings is 1. The quantitative estimate of drug-likeness (QED) is 0.933. The summed E-state index contributed by atoms with van der Waals surface area (Å²) in [6, 6.07) is 8.86. The molecule has 0 aromatic heterocycles. The molecule has 1 amide bonds. The molecule has 1 fully saturated rings. The van der Waals surface area contributed by atoms with Crippen LogP contribution < -0.4 is 5.32 Å². The van der Waals surface area contributed by atoms with Crippen LogP contribution in [0.25, 0.3) is 0 Å². The van der Waals surface area contributed by atoms with Crippen molar-refractivity contribution in [3.8, 4) is 6.07 Å². The zero-order valence-electron chi connectivity index (χ0n) is 12.7. The third-order valence-corrected chi connectivity index (χ3v) is 4.96. The Bertz CT molecular complexity index is 548. The van der Waals surface area contributed by atoms with Gasteiger partial charge in [-0.2, -0.15) is 17.0 Å². The standard InChI is InChI=1S/C16H21N3OS/c1-12(19-8-9-21-16(2,3)11-19)15(20)18-14-6-4-13(10-17)5-7-14/h4-7,12H,8-9,11H2,1-3H3,(H,18,20). The summed E-state index contributed by atoms with van der Waals surface area (Å²) in [6.45, 7) is 8.24. The summed E-state index contributed by atoms with van der Waals surface area (Å²) in [7, 11) is 0. The Morgan fingerprint density at radius 2 is 2.10 bits per heavy atom. The van der Waals surface area contributed by atoms with E-state index in [0.717, 1.165) is 24.5 Å². The van der Waals surface area contributed by atoms with Crippen LogP contribution in [-0.2, 0) is 4.79 Å². The maximum atomic E-state index is 12.4. The first-order chi connectivity index (χ1) is 9.91. The molecule has 21 heavy (non-hydrogen) atoms. The maximum Gasteiger partial charge on any atom is 0.241 e. The topological polar surface area (TPSA) is 56.1 Å². The number of amides is 1. The monoisotopic (exact) mass is 303 g/mol. The predicted molar refractivity (Wildman–Crippen MR) is 87.4 cm³/mol. The lowest BCUT2D eigenvalue weighted by molar-refractivity contribution is -0.120. The molecule has 1 aromatic carbocycles. The van der Waals surface area contributed by atoms with Crippen LogP contribution in [0.1, 0.15) is 26.3 Å². The molecule has 1 aliphatic rings. The van der Waals surface area contributed by atoms with Crippen LogP contribution >= 0.6 is 11.8 Å². The van der Waals surface area contributed by atoms with E-state index in [2.05, 4.69) is 30.1 Å². The third kappa shape index (κ3) is 4.23. The van der Waals surface area contributed by atoms with E-state index in [0.29, 0.717) is 5.56 Å². The Hall–Kier alpha value is -1.51. The van der Waals surface area contributed by atoms with Gasteiger partial charge in [-0.3, -0.25) is 9.69 Å². The molecule has 0 radical (unpaired) electrons. The van der Waals surface area contributed by atoms with Crippen molar-refractivity contribution in [3.05, 3.63) is 29.8 Å². The van der Waals surface area contributed by atoms with Crippen LogP contribution in [0.2, 0.25) is 0 Å². The van der Waals surface area contributed by atoms with Crippen molar-refractivity contribution >= 4 is 23.4 Å². The number of hydrogen-bond acceptors (Lipinski definition) is 4. The fraction of sp³-hybridized carbons (Fsp3) is 0.500. The van der Waals surface area contributed by atoms with E-state index < -0.39 is 0 Å². The van der Waals surface area contributed by atoms with Crippen molar-refractivity contribution < 1.29 is 4.79 Å². The van der Waals surface area contributed by atoms with E-state index in [1.165, 1.54) is 0 Å². The average molecular weight is 303 g/mol. The molecular weight excluding hydrogens is 282 g/mol. The van der Waals surface area contributed by atoms with Crippen LogP contribution in [0.5, 0.6) is 0 Å². The minimum absolute atomic E-state index is 0.00223. The number of hydrogen-bond donors (Lipinski definition) is 1. The minimum atomic E-state index is -0.152. The molecule has 5 heteroatoms. The molecule has 0 spiro atoms. The molecule has 1 heterocycles. The van der Waals surface area contributed by atoms with Crippen LogP contribution in [0.3, 0.4) is 0 Å². The first-order valence-electron chi connectivity index (χ1n) is 7.10. The van der Waals surface area contributed by atoms with E-state index in [4.69, 9.17) is 5.26 Å². The molecular formula is C16H21N3OS. The number of nitrogens with one attached hydrogen (secondary N) is 1. The van der Waals surface area contributed by atoms with E-state index in [9.17, 15) is 4.79 Å². The van der Waals surface area contributed by atoms with Crippen molar-refractivity contribution in [2.24, 2.45) is 0 Å². The van der Waals surface area contributed by atoms with E-state index in [1.807, 2.05) is 18.7 Å². The lowest BCUT2D eigenvalue weighted by atomic mass is 10.1. The Balaban J connectivity index is 1.97. The summed E-state index contributed by atoms with van der Waals surface area (Å²) >= 11 is 1.96. The molecule has 0 bridgehead atoms. The van der Waals surface area contributed by atoms with Crippen molar-refractivity contribution in [3.63, 3.8) is 0 Å². The second-order valence-electron chi connectivity index (χ2n) is 5.93. The third-order valence-electron chi connectivity index (χ3n) is 3.66. The summed E-state index contributed by atoms with van der Waals surface area (Å²) in [4.78, 5) is 14.6. The Morgan fingerprint density at radius 3 is 2.67 bits per heavy atom. The second kappa shape index (κ2) is 6.50. The van der Waals surface area contributed by atoms with Gasteiger partial charge in [-0.05, 0) is 45.0 Å². The second-order valence-corrected chi connectivity index (χ2v) is 7.74.